The summed E-state index contributed by atoms with van der Waals surface area (Å²) in [7, 11) is 0. The topological polar surface area (TPSA) is 12.4 Å². The maximum absolute atomic E-state index is 5.09. The molecule has 0 radical (unpaired) electrons. The van der Waals surface area contributed by atoms with E-state index in [1.54, 1.807) is 0 Å². The molecule has 2 bridgehead atoms. The van der Waals surface area contributed by atoms with Crippen molar-refractivity contribution in [1.29, 1.82) is 0 Å². The molecule has 3 rings (SSSR count). The monoisotopic (exact) mass is 227 g/mol. The quantitative estimate of drug-likeness (QED) is 0.685. The molecule has 3 atom stereocenters. The number of benzene rings is 1. The van der Waals surface area contributed by atoms with Crippen LogP contribution < -0.4 is 0 Å². The number of rotatable bonds is 1. The van der Waals surface area contributed by atoms with Crippen LogP contribution in [0.25, 0.3) is 0 Å². The average molecular weight is 227 g/mol. The van der Waals surface area contributed by atoms with Crippen molar-refractivity contribution in [2.24, 2.45) is 16.3 Å². The van der Waals surface area contributed by atoms with E-state index < -0.39 is 0 Å². The first-order chi connectivity index (χ1) is 8.01. The zero-order chi connectivity index (χ0) is 12.1. The van der Waals surface area contributed by atoms with Gasteiger partial charge in [0, 0.05) is 11.1 Å². The summed E-state index contributed by atoms with van der Waals surface area (Å²) in [6, 6.07) is 10.7. The van der Waals surface area contributed by atoms with Crippen LogP contribution in [0, 0.1) is 11.3 Å². The lowest BCUT2D eigenvalue weighted by Gasteiger charge is -2.38. The van der Waals surface area contributed by atoms with Gasteiger partial charge in [-0.2, -0.15) is 0 Å². The molecule has 1 nitrogen and oxygen atoms in total. The van der Waals surface area contributed by atoms with E-state index in [0.29, 0.717) is 5.41 Å². The van der Waals surface area contributed by atoms with Crippen molar-refractivity contribution in [2.75, 3.05) is 0 Å². The Labute approximate surface area is 104 Å². The number of fused-ring (bicyclic) bond motifs is 2. The van der Waals surface area contributed by atoms with Crippen LogP contribution in [0.5, 0.6) is 0 Å². The molecular formula is C16H21N. The molecular weight excluding hydrogens is 206 g/mol. The highest BCUT2D eigenvalue weighted by Crippen LogP contribution is 2.53. The Morgan fingerprint density at radius 2 is 1.82 bits per heavy atom. The van der Waals surface area contributed by atoms with Gasteiger partial charge in [-0.15, -0.1) is 0 Å². The molecule has 90 valence electrons. The van der Waals surface area contributed by atoms with Gasteiger partial charge in [-0.3, -0.25) is 4.99 Å². The molecule has 1 fully saturated rings. The molecule has 1 aliphatic heterocycles. The Balaban J connectivity index is 2.07. The molecule has 0 aromatic heterocycles. The molecule has 17 heavy (non-hydrogen) atoms. The normalized spacial score (nSPS) is 40.2. The van der Waals surface area contributed by atoms with E-state index in [9.17, 15) is 0 Å². The first-order valence-corrected chi connectivity index (χ1v) is 6.67. The van der Waals surface area contributed by atoms with Gasteiger partial charge in [0.2, 0.25) is 0 Å². The van der Waals surface area contributed by atoms with E-state index in [0.717, 1.165) is 5.92 Å². The maximum Gasteiger partial charge on any atom is 0.0595 e. The Hall–Kier alpha value is -1.11. The van der Waals surface area contributed by atoms with Crippen LogP contribution >= 0.6 is 0 Å². The second-order valence-corrected chi connectivity index (χ2v) is 6.57. The summed E-state index contributed by atoms with van der Waals surface area (Å²) in [4.78, 5) is 5.09. The van der Waals surface area contributed by atoms with E-state index in [2.05, 4.69) is 51.1 Å². The molecule has 1 saturated carbocycles. The van der Waals surface area contributed by atoms with E-state index in [1.807, 2.05) is 0 Å². The van der Waals surface area contributed by atoms with E-state index in [4.69, 9.17) is 4.99 Å². The Kier molecular flexibility index (Phi) is 2.23. The van der Waals surface area contributed by atoms with Crippen LogP contribution in [-0.2, 0) is 0 Å². The van der Waals surface area contributed by atoms with Gasteiger partial charge in [-0.1, -0.05) is 44.2 Å². The fourth-order valence-corrected chi connectivity index (χ4v) is 4.26. The van der Waals surface area contributed by atoms with Crippen LogP contribution in [0.3, 0.4) is 0 Å². The SMILES string of the molecule is CC1CC2(C)CC(C)(C1)C(c1ccccc1)=N2. The summed E-state index contributed by atoms with van der Waals surface area (Å²) in [5.74, 6) is 0.795. The predicted octanol–water partition coefficient (Wildman–Crippen LogP) is 4.07. The fraction of sp³-hybridized carbons (Fsp3) is 0.562. The Morgan fingerprint density at radius 3 is 2.53 bits per heavy atom. The minimum Gasteiger partial charge on any atom is -0.282 e. The number of aliphatic imine (C=N–C) groups is 1. The van der Waals surface area contributed by atoms with Crippen molar-refractivity contribution in [3.8, 4) is 0 Å². The van der Waals surface area contributed by atoms with Crippen molar-refractivity contribution >= 4 is 5.71 Å². The van der Waals surface area contributed by atoms with Crippen LogP contribution in [0.15, 0.2) is 35.3 Å². The highest BCUT2D eigenvalue weighted by atomic mass is 14.9. The summed E-state index contributed by atoms with van der Waals surface area (Å²) < 4.78 is 0. The summed E-state index contributed by atoms with van der Waals surface area (Å²) in [6.45, 7) is 7.11. The molecule has 0 saturated heterocycles. The molecule has 0 N–H and O–H groups in total. The largest absolute Gasteiger partial charge is 0.282 e. The molecule has 1 heteroatoms. The third-order valence-corrected chi connectivity index (χ3v) is 4.36. The second-order valence-electron chi connectivity index (χ2n) is 6.57. The van der Waals surface area contributed by atoms with Gasteiger partial charge in [0.25, 0.3) is 0 Å². The van der Waals surface area contributed by atoms with Gasteiger partial charge < -0.3 is 0 Å². The molecule has 1 aliphatic carbocycles. The van der Waals surface area contributed by atoms with Crippen molar-refractivity contribution in [2.45, 2.75) is 45.6 Å². The van der Waals surface area contributed by atoms with Gasteiger partial charge >= 0.3 is 0 Å². The molecule has 0 spiro atoms. The van der Waals surface area contributed by atoms with Crippen LogP contribution in [0.1, 0.15) is 45.6 Å². The number of hydrogen-bond donors (Lipinski definition) is 0. The third-order valence-electron chi connectivity index (χ3n) is 4.36. The summed E-state index contributed by atoms with van der Waals surface area (Å²) >= 11 is 0. The highest BCUT2D eigenvalue weighted by molar-refractivity contribution is 6.06. The molecule has 1 aromatic carbocycles. The van der Waals surface area contributed by atoms with Crippen molar-refractivity contribution in [1.82, 2.24) is 0 Å². The Morgan fingerprint density at radius 1 is 1.12 bits per heavy atom. The number of hydrogen-bond acceptors (Lipinski definition) is 1. The van der Waals surface area contributed by atoms with Gasteiger partial charge in [-0.05, 0) is 37.7 Å². The lowest BCUT2D eigenvalue weighted by atomic mass is 9.64. The van der Waals surface area contributed by atoms with Crippen LogP contribution in [-0.4, -0.2) is 11.3 Å². The van der Waals surface area contributed by atoms with E-state index >= 15 is 0 Å². The summed E-state index contributed by atoms with van der Waals surface area (Å²) in [5.41, 5.74) is 3.17. The van der Waals surface area contributed by atoms with Gasteiger partial charge in [0.1, 0.15) is 0 Å². The van der Waals surface area contributed by atoms with Gasteiger partial charge in [0.15, 0.2) is 0 Å². The zero-order valence-electron chi connectivity index (χ0n) is 11.0. The smallest absolute Gasteiger partial charge is 0.0595 e. The first kappa shape index (κ1) is 11.0. The summed E-state index contributed by atoms with van der Waals surface area (Å²) in [6.07, 6.45) is 3.77. The first-order valence-electron chi connectivity index (χ1n) is 6.67. The number of nitrogens with zero attached hydrogens (tertiary/aromatic N) is 1. The van der Waals surface area contributed by atoms with Crippen LogP contribution in [0.2, 0.25) is 0 Å². The Bertz CT molecular complexity index is 462. The average Bonchev–Trinajstić information content (AvgIpc) is 2.45. The minimum absolute atomic E-state index is 0.192. The molecule has 1 aromatic rings. The fourth-order valence-electron chi connectivity index (χ4n) is 4.26. The van der Waals surface area contributed by atoms with Crippen molar-refractivity contribution in [3.05, 3.63) is 35.9 Å². The lowest BCUT2D eigenvalue weighted by Crippen LogP contribution is -2.36. The summed E-state index contributed by atoms with van der Waals surface area (Å²) in [5, 5.41) is 0. The van der Waals surface area contributed by atoms with Crippen molar-refractivity contribution in [3.63, 3.8) is 0 Å². The van der Waals surface area contributed by atoms with Crippen LogP contribution in [0.4, 0.5) is 0 Å². The van der Waals surface area contributed by atoms with Crippen molar-refractivity contribution < 1.29 is 0 Å². The lowest BCUT2D eigenvalue weighted by molar-refractivity contribution is 0.187. The predicted molar refractivity (Wildman–Crippen MR) is 72.5 cm³/mol. The second kappa shape index (κ2) is 3.44. The maximum atomic E-state index is 5.09. The zero-order valence-corrected chi connectivity index (χ0v) is 11.0. The van der Waals surface area contributed by atoms with E-state index in [-0.39, 0.29) is 5.54 Å². The van der Waals surface area contributed by atoms with Gasteiger partial charge in [-0.25, -0.2) is 0 Å². The molecule has 0 amide bonds. The standard InChI is InChI=1S/C16H21N/c1-12-9-15(2)11-16(3,10-12)17-14(15)13-7-5-4-6-8-13/h4-8,12H,9-11H2,1-3H3. The molecule has 1 heterocycles. The minimum atomic E-state index is 0.192. The van der Waals surface area contributed by atoms with E-state index in [1.165, 1.54) is 30.5 Å². The molecule has 3 unspecified atom stereocenters. The third kappa shape index (κ3) is 1.72. The molecule has 2 aliphatic rings. The van der Waals surface area contributed by atoms with Gasteiger partial charge in [0.05, 0.1) is 5.54 Å². The highest BCUT2D eigenvalue weighted by Gasteiger charge is 2.50.